The SMILES string of the molecule is CCCS[C]1C=CC=CN1. The largest absolute Gasteiger partial charge is 0.371 e. The van der Waals surface area contributed by atoms with Gasteiger partial charge in [0.05, 0.1) is 0 Å². The van der Waals surface area contributed by atoms with Crippen LogP contribution in [0, 0.1) is 5.37 Å². The summed E-state index contributed by atoms with van der Waals surface area (Å²) in [5, 5.41) is 4.42. The average molecular weight is 154 g/mol. The molecule has 0 saturated heterocycles. The van der Waals surface area contributed by atoms with E-state index in [1.807, 2.05) is 24.0 Å². The Bertz CT molecular complexity index is 140. The molecular weight excluding hydrogens is 142 g/mol. The molecule has 0 unspecified atom stereocenters. The van der Waals surface area contributed by atoms with Crippen LogP contribution in [0.1, 0.15) is 13.3 Å². The molecule has 55 valence electrons. The highest BCUT2D eigenvalue weighted by atomic mass is 32.2. The summed E-state index contributed by atoms with van der Waals surface area (Å²) in [7, 11) is 0. The van der Waals surface area contributed by atoms with Gasteiger partial charge in [0.1, 0.15) is 5.37 Å². The third-order valence-corrected chi connectivity index (χ3v) is 2.32. The highest BCUT2D eigenvalue weighted by Gasteiger charge is 2.03. The molecule has 0 fully saturated rings. The van der Waals surface area contributed by atoms with E-state index in [1.165, 1.54) is 17.5 Å². The summed E-state index contributed by atoms with van der Waals surface area (Å²) in [6.45, 7) is 2.19. The zero-order valence-corrected chi connectivity index (χ0v) is 6.95. The molecule has 0 aromatic carbocycles. The first-order valence-corrected chi connectivity index (χ1v) is 4.51. The molecule has 1 N–H and O–H groups in total. The highest BCUT2D eigenvalue weighted by Crippen LogP contribution is 2.19. The highest BCUT2D eigenvalue weighted by molar-refractivity contribution is 8.02. The Hall–Kier alpha value is -0.370. The lowest BCUT2D eigenvalue weighted by atomic mass is 10.4. The molecular formula is C8H12NS. The summed E-state index contributed by atoms with van der Waals surface area (Å²) in [6.07, 6.45) is 9.33. The maximum atomic E-state index is 3.17. The molecule has 1 nitrogen and oxygen atoms in total. The molecule has 1 aliphatic heterocycles. The van der Waals surface area contributed by atoms with Gasteiger partial charge in [0.15, 0.2) is 0 Å². The van der Waals surface area contributed by atoms with Gasteiger partial charge in [-0.05, 0) is 30.5 Å². The second-order valence-corrected chi connectivity index (χ2v) is 3.21. The first-order chi connectivity index (χ1) is 4.93. The van der Waals surface area contributed by atoms with Crippen molar-refractivity contribution in [3.05, 3.63) is 29.8 Å². The van der Waals surface area contributed by atoms with Crippen LogP contribution in [0.3, 0.4) is 0 Å². The van der Waals surface area contributed by atoms with E-state index < -0.39 is 0 Å². The first kappa shape index (κ1) is 7.73. The van der Waals surface area contributed by atoms with Crippen molar-refractivity contribution < 1.29 is 0 Å². The van der Waals surface area contributed by atoms with E-state index in [4.69, 9.17) is 0 Å². The minimum Gasteiger partial charge on any atom is -0.371 e. The van der Waals surface area contributed by atoms with E-state index in [0.29, 0.717) is 0 Å². The Balaban J connectivity index is 2.17. The van der Waals surface area contributed by atoms with Gasteiger partial charge >= 0.3 is 0 Å². The lowest BCUT2D eigenvalue weighted by molar-refractivity contribution is 1.04. The van der Waals surface area contributed by atoms with Crippen molar-refractivity contribution in [3.63, 3.8) is 0 Å². The van der Waals surface area contributed by atoms with Gasteiger partial charge in [-0.3, -0.25) is 0 Å². The summed E-state index contributed by atoms with van der Waals surface area (Å²) in [6, 6.07) is 0. The molecule has 1 rings (SSSR count). The third kappa shape index (κ3) is 2.48. The molecule has 0 atom stereocenters. The Morgan fingerprint density at radius 1 is 1.50 bits per heavy atom. The molecule has 2 heteroatoms. The van der Waals surface area contributed by atoms with Crippen molar-refractivity contribution in [1.29, 1.82) is 0 Å². The third-order valence-electron chi connectivity index (χ3n) is 1.14. The fourth-order valence-corrected chi connectivity index (χ4v) is 1.43. The number of nitrogens with one attached hydrogen (secondary N) is 1. The molecule has 0 bridgehead atoms. The summed E-state index contributed by atoms with van der Waals surface area (Å²) in [5.74, 6) is 1.19. The average Bonchev–Trinajstić information content (AvgIpc) is 2.03. The topological polar surface area (TPSA) is 12.0 Å². The van der Waals surface area contributed by atoms with Gasteiger partial charge in [0.2, 0.25) is 0 Å². The quantitative estimate of drug-likeness (QED) is 0.669. The Morgan fingerprint density at radius 2 is 2.40 bits per heavy atom. The van der Waals surface area contributed by atoms with E-state index >= 15 is 0 Å². The fourth-order valence-electron chi connectivity index (χ4n) is 0.679. The van der Waals surface area contributed by atoms with Crippen LogP contribution in [0.4, 0.5) is 0 Å². The molecule has 1 aliphatic rings. The zero-order valence-electron chi connectivity index (χ0n) is 6.13. The number of thioether (sulfide) groups is 1. The Labute approximate surface area is 66.6 Å². The van der Waals surface area contributed by atoms with Crippen LogP contribution in [-0.4, -0.2) is 5.75 Å². The summed E-state index contributed by atoms with van der Waals surface area (Å²) in [4.78, 5) is 0. The number of dihydropyridines is 1. The molecule has 0 spiro atoms. The van der Waals surface area contributed by atoms with E-state index in [1.54, 1.807) is 0 Å². The maximum absolute atomic E-state index is 3.17. The normalized spacial score (nSPS) is 17.3. The molecule has 0 saturated carbocycles. The number of allylic oxidation sites excluding steroid dienone is 2. The lowest BCUT2D eigenvalue weighted by Gasteiger charge is -2.12. The standard InChI is InChI=1S/C8H12NS/c1-2-7-10-8-5-3-4-6-9-8/h3-6,9H,2,7H2,1H3. The van der Waals surface area contributed by atoms with Crippen molar-refractivity contribution in [1.82, 2.24) is 5.32 Å². The van der Waals surface area contributed by atoms with Gasteiger partial charge in [-0.25, -0.2) is 0 Å². The lowest BCUT2D eigenvalue weighted by Crippen LogP contribution is -2.11. The van der Waals surface area contributed by atoms with Crippen molar-refractivity contribution in [2.75, 3.05) is 5.75 Å². The minimum atomic E-state index is 1.19. The number of rotatable bonds is 3. The molecule has 1 heterocycles. The van der Waals surface area contributed by atoms with E-state index in [2.05, 4.69) is 24.4 Å². The van der Waals surface area contributed by atoms with Gasteiger partial charge in [-0.1, -0.05) is 13.0 Å². The van der Waals surface area contributed by atoms with Gasteiger partial charge < -0.3 is 5.32 Å². The van der Waals surface area contributed by atoms with Crippen LogP contribution in [-0.2, 0) is 0 Å². The van der Waals surface area contributed by atoms with Gasteiger partial charge in [-0.15, -0.1) is 11.8 Å². The summed E-state index contributed by atoms with van der Waals surface area (Å²) < 4.78 is 0. The molecule has 0 aliphatic carbocycles. The van der Waals surface area contributed by atoms with E-state index in [-0.39, 0.29) is 0 Å². The Morgan fingerprint density at radius 3 is 3.00 bits per heavy atom. The zero-order chi connectivity index (χ0) is 7.23. The van der Waals surface area contributed by atoms with Crippen molar-refractivity contribution >= 4 is 11.8 Å². The molecule has 0 amide bonds. The smallest absolute Gasteiger partial charge is 0.139 e. The van der Waals surface area contributed by atoms with Crippen molar-refractivity contribution in [3.8, 4) is 0 Å². The summed E-state index contributed by atoms with van der Waals surface area (Å²) in [5.41, 5.74) is 0. The van der Waals surface area contributed by atoms with Crippen molar-refractivity contribution in [2.45, 2.75) is 13.3 Å². The van der Waals surface area contributed by atoms with Crippen molar-refractivity contribution in [2.24, 2.45) is 0 Å². The van der Waals surface area contributed by atoms with Crippen LogP contribution in [0.15, 0.2) is 24.4 Å². The predicted molar refractivity (Wildman–Crippen MR) is 47.4 cm³/mol. The van der Waals surface area contributed by atoms with E-state index in [0.717, 1.165) is 0 Å². The van der Waals surface area contributed by atoms with E-state index in [9.17, 15) is 0 Å². The monoisotopic (exact) mass is 154 g/mol. The fraction of sp³-hybridized carbons (Fsp3) is 0.375. The van der Waals surface area contributed by atoms with Gasteiger partial charge in [0, 0.05) is 0 Å². The number of hydrogen-bond acceptors (Lipinski definition) is 2. The second-order valence-electron chi connectivity index (χ2n) is 2.08. The molecule has 1 radical (unpaired) electrons. The molecule has 0 aromatic heterocycles. The van der Waals surface area contributed by atoms with Crippen LogP contribution < -0.4 is 5.32 Å². The van der Waals surface area contributed by atoms with Crippen LogP contribution >= 0.6 is 11.8 Å². The maximum Gasteiger partial charge on any atom is 0.139 e. The second kappa shape index (κ2) is 4.45. The number of hydrogen-bond donors (Lipinski definition) is 1. The summed E-state index contributed by atoms with van der Waals surface area (Å²) >= 11 is 1.86. The van der Waals surface area contributed by atoms with Gasteiger partial charge in [0.25, 0.3) is 0 Å². The van der Waals surface area contributed by atoms with Crippen LogP contribution in [0.5, 0.6) is 0 Å². The Kier molecular flexibility index (Phi) is 3.44. The first-order valence-electron chi connectivity index (χ1n) is 3.53. The van der Waals surface area contributed by atoms with Crippen LogP contribution in [0.2, 0.25) is 0 Å². The van der Waals surface area contributed by atoms with Gasteiger partial charge in [-0.2, -0.15) is 0 Å². The molecule has 0 aromatic rings. The van der Waals surface area contributed by atoms with Crippen LogP contribution in [0.25, 0.3) is 0 Å². The minimum absolute atomic E-state index is 1.19. The predicted octanol–water partition coefficient (Wildman–Crippen LogP) is 2.29. The molecule has 10 heavy (non-hydrogen) atoms.